The molecule has 2 N–H and O–H groups in total. The van der Waals surface area contributed by atoms with Crippen molar-refractivity contribution in [2.24, 2.45) is 4.99 Å². The Labute approximate surface area is 151 Å². The van der Waals surface area contributed by atoms with E-state index in [1.54, 1.807) is 7.05 Å². The van der Waals surface area contributed by atoms with E-state index in [1.165, 1.54) is 44.5 Å². The molecule has 1 aliphatic heterocycles. The molecule has 2 rings (SSSR count). The van der Waals surface area contributed by atoms with Gasteiger partial charge in [-0.2, -0.15) is 0 Å². The van der Waals surface area contributed by atoms with Crippen LogP contribution < -0.4 is 10.6 Å². The zero-order valence-electron chi connectivity index (χ0n) is 15.6. The third kappa shape index (κ3) is 7.84. The van der Waals surface area contributed by atoms with Gasteiger partial charge in [0, 0.05) is 39.8 Å². The molecule has 0 aromatic heterocycles. The van der Waals surface area contributed by atoms with Crippen LogP contribution in [0.4, 0.5) is 4.39 Å². The van der Waals surface area contributed by atoms with E-state index in [-0.39, 0.29) is 5.82 Å². The summed E-state index contributed by atoms with van der Waals surface area (Å²) in [7, 11) is 3.87. The molecule has 1 heterocycles. The number of hydrogen-bond acceptors (Lipinski definition) is 3. The summed E-state index contributed by atoms with van der Waals surface area (Å²) in [6.45, 7) is 6.97. The van der Waals surface area contributed by atoms with Gasteiger partial charge in [0.2, 0.25) is 0 Å². The van der Waals surface area contributed by atoms with Crippen molar-refractivity contribution in [3.8, 4) is 0 Å². The molecule has 0 radical (unpaired) electrons. The molecule has 1 saturated heterocycles. The molecule has 0 aliphatic carbocycles. The fraction of sp³-hybridized carbons (Fsp3) is 0.632. The van der Waals surface area contributed by atoms with Gasteiger partial charge in [0.05, 0.1) is 0 Å². The Morgan fingerprint density at radius 2 is 1.80 bits per heavy atom. The van der Waals surface area contributed by atoms with Crippen LogP contribution in [0.5, 0.6) is 0 Å². The van der Waals surface area contributed by atoms with Crippen molar-refractivity contribution >= 4 is 5.96 Å². The van der Waals surface area contributed by atoms with E-state index >= 15 is 0 Å². The van der Waals surface area contributed by atoms with Gasteiger partial charge < -0.3 is 20.4 Å². The van der Waals surface area contributed by atoms with Crippen LogP contribution in [-0.4, -0.2) is 69.1 Å². The van der Waals surface area contributed by atoms with Crippen molar-refractivity contribution in [3.05, 3.63) is 35.6 Å². The monoisotopic (exact) mass is 349 g/mol. The number of rotatable bonds is 8. The summed E-state index contributed by atoms with van der Waals surface area (Å²) in [5.74, 6) is 0.666. The van der Waals surface area contributed by atoms with Gasteiger partial charge in [-0.05, 0) is 50.7 Å². The van der Waals surface area contributed by atoms with Crippen LogP contribution in [0, 0.1) is 5.82 Å². The number of halogens is 1. The quantitative estimate of drug-likeness (QED) is 0.556. The van der Waals surface area contributed by atoms with Crippen LogP contribution in [0.2, 0.25) is 0 Å². The van der Waals surface area contributed by atoms with Crippen molar-refractivity contribution in [1.82, 2.24) is 20.4 Å². The fourth-order valence-electron chi connectivity index (χ4n) is 3.08. The molecule has 0 unspecified atom stereocenters. The molecule has 0 spiro atoms. The van der Waals surface area contributed by atoms with Gasteiger partial charge in [-0.15, -0.1) is 0 Å². The maximum Gasteiger partial charge on any atom is 0.191 e. The Morgan fingerprint density at radius 1 is 1.12 bits per heavy atom. The Bertz CT molecular complexity index is 511. The average Bonchev–Trinajstić information content (AvgIpc) is 2.63. The molecular formula is C19H32FN5. The highest BCUT2D eigenvalue weighted by atomic mass is 19.1. The first-order valence-corrected chi connectivity index (χ1v) is 9.27. The van der Waals surface area contributed by atoms with Crippen LogP contribution in [0.3, 0.4) is 0 Å². The van der Waals surface area contributed by atoms with E-state index in [0.717, 1.165) is 44.2 Å². The Morgan fingerprint density at radius 3 is 2.48 bits per heavy atom. The highest BCUT2D eigenvalue weighted by molar-refractivity contribution is 5.79. The Balaban J connectivity index is 1.58. The molecule has 1 aromatic rings. The number of nitrogens with zero attached hydrogens (tertiary/aromatic N) is 3. The minimum Gasteiger partial charge on any atom is -0.355 e. The van der Waals surface area contributed by atoms with Gasteiger partial charge in [-0.25, -0.2) is 4.39 Å². The first-order valence-electron chi connectivity index (χ1n) is 9.27. The topological polar surface area (TPSA) is 42.9 Å². The van der Waals surface area contributed by atoms with E-state index < -0.39 is 0 Å². The molecular weight excluding hydrogens is 317 g/mol. The minimum atomic E-state index is -0.188. The van der Waals surface area contributed by atoms with Crippen molar-refractivity contribution in [2.45, 2.75) is 25.8 Å². The molecule has 1 aromatic carbocycles. The fourth-order valence-corrected chi connectivity index (χ4v) is 3.08. The number of guanidine groups is 1. The Kier molecular flexibility index (Phi) is 8.69. The first kappa shape index (κ1) is 19.7. The highest BCUT2D eigenvalue weighted by Gasteiger charge is 2.09. The smallest absolute Gasteiger partial charge is 0.191 e. The Hall–Kier alpha value is -1.66. The van der Waals surface area contributed by atoms with Gasteiger partial charge in [-0.3, -0.25) is 4.99 Å². The van der Waals surface area contributed by atoms with Crippen LogP contribution in [0.15, 0.2) is 29.3 Å². The summed E-state index contributed by atoms with van der Waals surface area (Å²) >= 11 is 0. The van der Waals surface area contributed by atoms with Crippen molar-refractivity contribution in [1.29, 1.82) is 0 Å². The molecule has 1 aliphatic rings. The molecule has 5 nitrogen and oxygen atoms in total. The maximum atomic E-state index is 12.9. The van der Waals surface area contributed by atoms with Gasteiger partial charge in [0.25, 0.3) is 0 Å². The first-order chi connectivity index (χ1) is 12.2. The molecule has 140 valence electrons. The summed E-state index contributed by atoms with van der Waals surface area (Å²) < 4.78 is 12.9. The summed E-state index contributed by atoms with van der Waals surface area (Å²) in [4.78, 5) is 9.00. The number of benzene rings is 1. The molecule has 25 heavy (non-hydrogen) atoms. The largest absolute Gasteiger partial charge is 0.355 e. The number of aliphatic imine (C=N–C) groups is 1. The average molecular weight is 349 g/mol. The predicted molar refractivity (Wildman–Crippen MR) is 102 cm³/mol. The number of likely N-dealkylation sites (tertiary alicyclic amines) is 1. The van der Waals surface area contributed by atoms with E-state index in [1.807, 2.05) is 12.1 Å². The molecule has 0 saturated carbocycles. The van der Waals surface area contributed by atoms with Crippen molar-refractivity contribution in [2.75, 3.05) is 53.4 Å². The zero-order chi connectivity index (χ0) is 17.9. The zero-order valence-corrected chi connectivity index (χ0v) is 15.6. The molecule has 6 heteroatoms. The molecule has 0 atom stereocenters. The summed E-state index contributed by atoms with van der Waals surface area (Å²) in [5, 5.41) is 6.74. The second kappa shape index (κ2) is 11.1. The van der Waals surface area contributed by atoms with Gasteiger partial charge >= 0.3 is 0 Å². The van der Waals surface area contributed by atoms with Crippen LogP contribution in [0.1, 0.15) is 24.8 Å². The number of hydrogen-bond donors (Lipinski definition) is 2. The van der Waals surface area contributed by atoms with E-state index in [0.29, 0.717) is 0 Å². The lowest BCUT2D eigenvalue weighted by Crippen LogP contribution is -2.44. The van der Waals surface area contributed by atoms with Gasteiger partial charge in [0.15, 0.2) is 5.96 Å². The normalized spacial score (nSPS) is 16.2. The van der Waals surface area contributed by atoms with Gasteiger partial charge in [-0.1, -0.05) is 18.6 Å². The number of likely N-dealkylation sites (N-methyl/N-ethyl adjacent to an activating group) is 1. The summed E-state index contributed by atoms with van der Waals surface area (Å²) in [6.07, 6.45) is 4.03. The second-order valence-electron chi connectivity index (χ2n) is 6.69. The van der Waals surface area contributed by atoms with E-state index in [9.17, 15) is 4.39 Å². The second-order valence-corrected chi connectivity index (χ2v) is 6.69. The molecule has 1 fully saturated rings. The summed E-state index contributed by atoms with van der Waals surface area (Å²) in [5.41, 5.74) is 1.12. The van der Waals surface area contributed by atoms with Crippen molar-refractivity contribution < 1.29 is 4.39 Å². The van der Waals surface area contributed by atoms with E-state index in [4.69, 9.17) is 0 Å². The van der Waals surface area contributed by atoms with Crippen LogP contribution in [0.25, 0.3) is 0 Å². The molecule has 0 amide bonds. The predicted octanol–water partition coefficient (Wildman–Crippen LogP) is 1.91. The lowest BCUT2D eigenvalue weighted by Gasteiger charge is -2.26. The standard InChI is InChI=1S/C19H32FN5/c1-21-19(23-11-15-25-12-4-3-5-13-25)22-10-14-24(2)16-17-6-8-18(20)9-7-17/h6-9H,3-5,10-16H2,1-2H3,(H2,21,22,23). The van der Waals surface area contributed by atoms with Crippen LogP contribution in [-0.2, 0) is 6.54 Å². The van der Waals surface area contributed by atoms with Crippen molar-refractivity contribution in [3.63, 3.8) is 0 Å². The highest BCUT2D eigenvalue weighted by Crippen LogP contribution is 2.07. The maximum absolute atomic E-state index is 12.9. The minimum absolute atomic E-state index is 0.188. The lowest BCUT2D eigenvalue weighted by molar-refractivity contribution is 0.232. The number of piperidine rings is 1. The number of nitrogens with one attached hydrogen (secondary N) is 2. The summed E-state index contributed by atoms with van der Waals surface area (Å²) in [6, 6.07) is 6.69. The lowest BCUT2D eigenvalue weighted by atomic mass is 10.1. The van der Waals surface area contributed by atoms with Gasteiger partial charge in [0.1, 0.15) is 5.82 Å². The van der Waals surface area contributed by atoms with E-state index in [2.05, 4.69) is 32.5 Å². The molecule has 0 bridgehead atoms. The third-order valence-corrected chi connectivity index (χ3v) is 4.54. The third-order valence-electron chi connectivity index (χ3n) is 4.54. The SMILES string of the molecule is CN=C(NCCN(C)Cc1ccc(F)cc1)NCCN1CCCCC1. The van der Waals surface area contributed by atoms with Crippen LogP contribution >= 0.6 is 0 Å².